The maximum atomic E-state index is 11.8. The van der Waals surface area contributed by atoms with Crippen molar-refractivity contribution in [2.45, 2.75) is 6.42 Å². The Balaban J connectivity index is 1.47. The number of ether oxygens (including phenoxy) is 2. The van der Waals surface area contributed by atoms with Crippen molar-refractivity contribution in [3.05, 3.63) is 36.7 Å². The Kier molecular flexibility index (Phi) is 5.79. The molecule has 1 aliphatic rings. The summed E-state index contributed by atoms with van der Waals surface area (Å²) in [6.45, 7) is 2.57. The molecule has 1 aliphatic heterocycles. The van der Waals surface area contributed by atoms with Crippen LogP contribution in [0.4, 0.5) is 0 Å². The molecule has 7 heteroatoms. The van der Waals surface area contributed by atoms with Gasteiger partial charge in [0.2, 0.25) is 0 Å². The molecule has 1 amide bonds. The van der Waals surface area contributed by atoms with E-state index in [2.05, 4.69) is 20.6 Å². The average Bonchev–Trinajstić information content (AvgIpc) is 3.19. The Labute approximate surface area is 146 Å². The van der Waals surface area contributed by atoms with Gasteiger partial charge in [0, 0.05) is 24.5 Å². The fraction of sp³-hybridized carbons (Fsp3) is 0.389. The second-order valence-electron chi connectivity index (χ2n) is 5.93. The van der Waals surface area contributed by atoms with Gasteiger partial charge in [-0.3, -0.25) is 4.79 Å². The number of methoxy groups -OCH3 is 1. The first-order chi connectivity index (χ1) is 12.2. The molecule has 2 aromatic rings. The first-order valence-electron chi connectivity index (χ1n) is 8.31. The van der Waals surface area contributed by atoms with Gasteiger partial charge >= 0.3 is 6.01 Å². The number of rotatable bonds is 7. The lowest BCUT2D eigenvalue weighted by molar-refractivity contribution is -0.123. The normalized spacial score (nSPS) is 16.4. The molecule has 2 heterocycles. The smallest absolute Gasteiger partial charge is 0.316 e. The van der Waals surface area contributed by atoms with E-state index in [0.717, 1.165) is 36.4 Å². The summed E-state index contributed by atoms with van der Waals surface area (Å²) in [5, 5.41) is 6.14. The van der Waals surface area contributed by atoms with Crippen molar-refractivity contribution in [1.82, 2.24) is 20.6 Å². The molecule has 1 atom stereocenters. The summed E-state index contributed by atoms with van der Waals surface area (Å²) in [5.41, 5.74) is 1.85. The molecule has 132 valence electrons. The number of nitrogens with zero attached hydrogens (tertiary/aromatic N) is 2. The lowest BCUT2D eigenvalue weighted by Gasteiger charge is -2.10. The molecular weight excluding hydrogens is 320 g/mol. The van der Waals surface area contributed by atoms with Crippen LogP contribution in [0.1, 0.15) is 6.42 Å². The molecule has 0 spiro atoms. The third-order valence-electron chi connectivity index (χ3n) is 4.13. The molecule has 1 fully saturated rings. The number of carbonyl (C=O) groups is 1. The highest BCUT2D eigenvalue weighted by molar-refractivity contribution is 5.77. The molecule has 2 N–H and O–H groups in total. The van der Waals surface area contributed by atoms with Crippen LogP contribution in [0.2, 0.25) is 0 Å². The SMILES string of the molecule is COc1ccc(-c2cnc(OCC(=O)NCC3CCNC3)nc2)cc1. The minimum atomic E-state index is -0.158. The fourth-order valence-corrected chi connectivity index (χ4v) is 2.65. The fourth-order valence-electron chi connectivity index (χ4n) is 2.65. The van der Waals surface area contributed by atoms with Crippen LogP contribution in [0.15, 0.2) is 36.7 Å². The van der Waals surface area contributed by atoms with Gasteiger partial charge in [-0.2, -0.15) is 0 Å². The number of hydrogen-bond acceptors (Lipinski definition) is 6. The zero-order chi connectivity index (χ0) is 17.5. The van der Waals surface area contributed by atoms with Crippen molar-refractivity contribution >= 4 is 5.91 Å². The van der Waals surface area contributed by atoms with E-state index in [1.807, 2.05) is 24.3 Å². The predicted octanol–water partition coefficient (Wildman–Crippen LogP) is 1.26. The molecule has 1 aromatic carbocycles. The Hall–Kier alpha value is -2.67. The highest BCUT2D eigenvalue weighted by atomic mass is 16.5. The van der Waals surface area contributed by atoms with Gasteiger partial charge in [-0.15, -0.1) is 0 Å². The van der Waals surface area contributed by atoms with E-state index >= 15 is 0 Å². The van der Waals surface area contributed by atoms with Gasteiger partial charge < -0.3 is 20.1 Å². The van der Waals surface area contributed by atoms with Crippen LogP contribution in [-0.2, 0) is 4.79 Å². The van der Waals surface area contributed by atoms with Gasteiger partial charge in [0.15, 0.2) is 6.61 Å². The molecule has 3 rings (SSSR count). The largest absolute Gasteiger partial charge is 0.497 e. The van der Waals surface area contributed by atoms with Gasteiger partial charge in [0.1, 0.15) is 5.75 Å². The molecule has 0 saturated carbocycles. The van der Waals surface area contributed by atoms with Crippen LogP contribution in [-0.4, -0.2) is 49.2 Å². The summed E-state index contributed by atoms with van der Waals surface area (Å²) in [5.74, 6) is 1.14. The molecule has 25 heavy (non-hydrogen) atoms. The van der Waals surface area contributed by atoms with E-state index < -0.39 is 0 Å². The number of amides is 1. The van der Waals surface area contributed by atoms with E-state index in [9.17, 15) is 4.79 Å². The number of hydrogen-bond donors (Lipinski definition) is 2. The standard InChI is InChI=1S/C18H22N4O3/c1-24-16-4-2-14(3-5-16)15-10-21-18(22-11-15)25-12-17(23)20-9-13-6-7-19-8-13/h2-5,10-11,13,19H,6-9,12H2,1H3,(H,20,23). The van der Waals surface area contributed by atoms with Gasteiger partial charge in [-0.25, -0.2) is 9.97 Å². The van der Waals surface area contributed by atoms with Crippen molar-refractivity contribution in [2.75, 3.05) is 33.4 Å². The zero-order valence-electron chi connectivity index (χ0n) is 14.2. The maximum absolute atomic E-state index is 11.8. The summed E-state index contributed by atoms with van der Waals surface area (Å²) in [6, 6.07) is 7.82. The first kappa shape index (κ1) is 17.2. The first-order valence-corrected chi connectivity index (χ1v) is 8.31. The molecule has 0 aliphatic carbocycles. The average molecular weight is 342 g/mol. The number of nitrogens with one attached hydrogen (secondary N) is 2. The van der Waals surface area contributed by atoms with Crippen molar-refractivity contribution in [1.29, 1.82) is 0 Å². The van der Waals surface area contributed by atoms with Crippen LogP contribution >= 0.6 is 0 Å². The Morgan fingerprint density at radius 1 is 1.24 bits per heavy atom. The lowest BCUT2D eigenvalue weighted by atomic mass is 10.1. The summed E-state index contributed by atoms with van der Waals surface area (Å²) >= 11 is 0. The van der Waals surface area contributed by atoms with Crippen molar-refractivity contribution < 1.29 is 14.3 Å². The third kappa shape index (κ3) is 4.90. The molecular formula is C18H22N4O3. The highest BCUT2D eigenvalue weighted by Crippen LogP contribution is 2.21. The predicted molar refractivity (Wildman–Crippen MR) is 93.5 cm³/mol. The number of aromatic nitrogens is 2. The summed E-state index contributed by atoms with van der Waals surface area (Å²) in [6.07, 6.45) is 4.44. The van der Waals surface area contributed by atoms with E-state index in [1.54, 1.807) is 19.5 Å². The topological polar surface area (TPSA) is 85.4 Å². The van der Waals surface area contributed by atoms with Gasteiger partial charge in [-0.05, 0) is 43.1 Å². The van der Waals surface area contributed by atoms with Crippen LogP contribution in [0.5, 0.6) is 11.8 Å². The Bertz CT molecular complexity index is 682. The van der Waals surface area contributed by atoms with Crippen LogP contribution in [0, 0.1) is 5.92 Å². The molecule has 1 saturated heterocycles. The van der Waals surface area contributed by atoms with E-state index in [0.29, 0.717) is 12.5 Å². The molecule has 1 aromatic heterocycles. The second-order valence-corrected chi connectivity index (χ2v) is 5.93. The second kappa shape index (κ2) is 8.43. The van der Waals surface area contributed by atoms with Gasteiger partial charge in [0.05, 0.1) is 7.11 Å². The summed E-state index contributed by atoms with van der Waals surface area (Å²) < 4.78 is 10.5. The molecule has 1 unspecified atom stereocenters. The molecule has 7 nitrogen and oxygen atoms in total. The van der Waals surface area contributed by atoms with Crippen molar-refractivity contribution in [2.24, 2.45) is 5.92 Å². The summed E-state index contributed by atoms with van der Waals surface area (Å²) in [4.78, 5) is 20.1. The molecule has 0 bridgehead atoms. The third-order valence-corrected chi connectivity index (χ3v) is 4.13. The number of carbonyl (C=O) groups excluding carboxylic acids is 1. The van der Waals surface area contributed by atoms with E-state index in [1.165, 1.54) is 0 Å². The Morgan fingerprint density at radius 2 is 2.00 bits per heavy atom. The van der Waals surface area contributed by atoms with E-state index in [4.69, 9.17) is 9.47 Å². The van der Waals surface area contributed by atoms with Crippen molar-refractivity contribution in [3.63, 3.8) is 0 Å². The van der Waals surface area contributed by atoms with Crippen molar-refractivity contribution in [3.8, 4) is 22.9 Å². The van der Waals surface area contributed by atoms with Gasteiger partial charge in [-0.1, -0.05) is 12.1 Å². The van der Waals surface area contributed by atoms with Crippen LogP contribution in [0.25, 0.3) is 11.1 Å². The van der Waals surface area contributed by atoms with Crippen LogP contribution in [0.3, 0.4) is 0 Å². The molecule has 0 radical (unpaired) electrons. The quantitative estimate of drug-likeness (QED) is 0.788. The monoisotopic (exact) mass is 342 g/mol. The Morgan fingerprint density at radius 3 is 2.64 bits per heavy atom. The maximum Gasteiger partial charge on any atom is 0.316 e. The van der Waals surface area contributed by atoms with Gasteiger partial charge in [0.25, 0.3) is 5.91 Å². The zero-order valence-corrected chi connectivity index (χ0v) is 14.2. The lowest BCUT2D eigenvalue weighted by Crippen LogP contribution is -2.33. The minimum Gasteiger partial charge on any atom is -0.497 e. The van der Waals surface area contributed by atoms with E-state index in [-0.39, 0.29) is 18.5 Å². The van der Waals surface area contributed by atoms with Crippen LogP contribution < -0.4 is 20.1 Å². The number of benzene rings is 1. The summed E-state index contributed by atoms with van der Waals surface area (Å²) in [7, 11) is 1.63. The highest BCUT2D eigenvalue weighted by Gasteiger charge is 2.15. The minimum absolute atomic E-state index is 0.0813.